The Hall–Kier alpha value is -3.10. The topological polar surface area (TPSA) is 131 Å². The van der Waals surface area contributed by atoms with Crippen LogP contribution in [-0.4, -0.2) is 37.0 Å². The Morgan fingerprint density at radius 3 is 2.86 bits per heavy atom. The lowest BCUT2D eigenvalue weighted by Gasteiger charge is -2.09. The Kier molecular flexibility index (Phi) is 2.75. The van der Waals surface area contributed by atoms with E-state index >= 15 is 0 Å². The van der Waals surface area contributed by atoms with Crippen LogP contribution in [0.1, 0.15) is 5.69 Å². The molecule has 0 bridgehead atoms. The lowest BCUT2D eigenvalue weighted by atomic mass is 10.1. The van der Waals surface area contributed by atoms with Crippen LogP contribution in [0.15, 0.2) is 16.9 Å². The largest absolute Gasteiger partial charge is 0.504 e. The Bertz CT molecular complexity index is 898. The molecule has 3 aromatic rings. The molecule has 0 radical (unpaired) electrons. The molecular weight excluding hydrogens is 276 g/mol. The van der Waals surface area contributed by atoms with Gasteiger partial charge in [0.1, 0.15) is 5.69 Å². The molecule has 108 valence electrons. The van der Waals surface area contributed by atoms with Gasteiger partial charge in [0.05, 0.1) is 12.7 Å². The number of ether oxygens (including phenoxy) is 1. The number of fused-ring (bicyclic) bond motifs is 1. The maximum atomic E-state index is 11.5. The number of H-pyrrole nitrogens is 1. The number of phenols is 1. The van der Waals surface area contributed by atoms with Gasteiger partial charge in [-0.2, -0.15) is 9.61 Å². The predicted octanol–water partition coefficient (Wildman–Crippen LogP) is 0.0844. The number of nitrogens with zero attached hydrogens (tertiary/aromatic N) is 4. The first kappa shape index (κ1) is 12.9. The van der Waals surface area contributed by atoms with Gasteiger partial charge in [-0.05, 0) is 13.0 Å². The number of aromatic nitrogens is 5. The second-order valence-electron chi connectivity index (χ2n) is 4.42. The first-order valence-corrected chi connectivity index (χ1v) is 6.00. The van der Waals surface area contributed by atoms with Crippen molar-refractivity contribution in [3.05, 3.63) is 28.2 Å². The van der Waals surface area contributed by atoms with Crippen LogP contribution >= 0.6 is 0 Å². The number of aromatic amines is 1. The minimum Gasteiger partial charge on any atom is -0.504 e. The van der Waals surface area contributed by atoms with E-state index in [0.29, 0.717) is 11.3 Å². The predicted molar refractivity (Wildman–Crippen MR) is 74.2 cm³/mol. The van der Waals surface area contributed by atoms with Crippen molar-refractivity contribution >= 4 is 11.5 Å². The van der Waals surface area contributed by atoms with E-state index in [-0.39, 0.29) is 34.4 Å². The molecule has 0 unspecified atom stereocenters. The monoisotopic (exact) mass is 288 g/mol. The minimum absolute atomic E-state index is 0.133. The van der Waals surface area contributed by atoms with Gasteiger partial charge in [-0.1, -0.05) is 0 Å². The van der Waals surface area contributed by atoms with E-state index in [2.05, 4.69) is 20.3 Å². The number of nitrogens with two attached hydrogens (primary N) is 1. The number of benzene rings is 1. The molecule has 0 atom stereocenters. The van der Waals surface area contributed by atoms with Crippen molar-refractivity contribution in [2.45, 2.75) is 6.92 Å². The van der Waals surface area contributed by atoms with Crippen LogP contribution in [0.3, 0.4) is 0 Å². The first-order chi connectivity index (χ1) is 10.0. The molecular formula is C12H12N6O3. The molecule has 4 N–H and O–H groups in total. The molecule has 0 saturated heterocycles. The summed E-state index contributed by atoms with van der Waals surface area (Å²) < 4.78 is 6.38. The summed E-state index contributed by atoms with van der Waals surface area (Å²) in [6.07, 6.45) is 0. The fourth-order valence-electron chi connectivity index (χ4n) is 1.96. The average molecular weight is 288 g/mol. The summed E-state index contributed by atoms with van der Waals surface area (Å²) in [5.74, 6) is 0.489. The lowest BCUT2D eigenvalue weighted by molar-refractivity contribution is 0.374. The standard InChI is InChI=1S/C12H12N6O3/c1-5-11(20)14-12-16-15-10(18(12)17-5)7-3-6(13)4-8(21-2)9(7)19/h3-4,19H,13H2,1-2H3,(H,14,16,20). The van der Waals surface area contributed by atoms with Crippen LogP contribution in [0.2, 0.25) is 0 Å². The van der Waals surface area contributed by atoms with Gasteiger partial charge < -0.3 is 15.6 Å². The third-order valence-corrected chi connectivity index (χ3v) is 3.00. The molecule has 2 aromatic heterocycles. The van der Waals surface area contributed by atoms with Crippen LogP contribution in [0.4, 0.5) is 5.69 Å². The van der Waals surface area contributed by atoms with E-state index in [0.717, 1.165) is 0 Å². The van der Waals surface area contributed by atoms with Gasteiger partial charge in [-0.25, -0.2) is 0 Å². The molecule has 0 fully saturated rings. The van der Waals surface area contributed by atoms with Gasteiger partial charge in [0, 0.05) is 11.8 Å². The number of nitrogen functional groups attached to an aromatic ring is 1. The second kappa shape index (κ2) is 4.47. The summed E-state index contributed by atoms with van der Waals surface area (Å²) >= 11 is 0. The van der Waals surface area contributed by atoms with Crippen molar-refractivity contribution < 1.29 is 9.84 Å². The van der Waals surface area contributed by atoms with Crippen LogP contribution in [-0.2, 0) is 0 Å². The molecule has 0 aliphatic carbocycles. The van der Waals surface area contributed by atoms with Crippen molar-refractivity contribution in [3.8, 4) is 22.9 Å². The second-order valence-corrected chi connectivity index (χ2v) is 4.42. The number of hydrogen-bond acceptors (Lipinski definition) is 7. The zero-order chi connectivity index (χ0) is 15.1. The number of nitrogens with one attached hydrogen (secondary N) is 1. The molecule has 0 aliphatic rings. The zero-order valence-corrected chi connectivity index (χ0v) is 11.3. The maximum absolute atomic E-state index is 11.5. The van der Waals surface area contributed by atoms with Crippen LogP contribution in [0.5, 0.6) is 11.5 Å². The first-order valence-electron chi connectivity index (χ1n) is 6.00. The summed E-state index contributed by atoms with van der Waals surface area (Å²) in [5.41, 5.74) is 6.37. The summed E-state index contributed by atoms with van der Waals surface area (Å²) in [7, 11) is 1.42. The summed E-state index contributed by atoms with van der Waals surface area (Å²) in [5, 5.41) is 22.1. The Labute approximate surface area is 118 Å². The van der Waals surface area contributed by atoms with E-state index in [1.54, 1.807) is 6.92 Å². The van der Waals surface area contributed by atoms with Gasteiger partial charge in [-0.3, -0.25) is 9.78 Å². The highest BCUT2D eigenvalue weighted by molar-refractivity contribution is 5.74. The van der Waals surface area contributed by atoms with Crippen molar-refractivity contribution in [2.24, 2.45) is 0 Å². The van der Waals surface area contributed by atoms with Crippen molar-refractivity contribution in [3.63, 3.8) is 0 Å². The van der Waals surface area contributed by atoms with E-state index in [1.165, 1.54) is 23.8 Å². The average Bonchev–Trinajstić information content (AvgIpc) is 2.84. The highest BCUT2D eigenvalue weighted by Gasteiger charge is 2.18. The summed E-state index contributed by atoms with van der Waals surface area (Å²) in [6.45, 7) is 1.56. The number of aromatic hydroxyl groups is 1. The number of hydrogen-bond donors (Lipinski definition) is 3. The Morgan fingerprint density at radius 2 is 2.14 bits per heavy atom. The number of aryl methyl sites for hydroxylation is 1. The maximum Gasteiger partial charge on any atom is 0.273 e. The summed E-state index contributed by atoms with van der Waals surface area (Å²) in [4.78, 5) is 14.0. The van der Waals surface area contributed by atoms with Crippen LogP contribution in [0, 0.1) is 6.92 Å². The lowest BCUT2D eigenvalue weighted by Crippen LogP contribution is -2.15. The molecule has 9 heteroatoms. The highest BCUT2D eigenvalue weighted by atomic mass is 16.5. The van der Waals surface area contributed by atoms with Gasteiger partial charge in [-0.15, -0.1) is 10.2 Å². The van der Waals surface area contributed by atoms with Crippen molar-refractivity contribution in [2.75, 3.05) is 12.8 Å². The van der Waals surface area contributed by atoms with Gasteiger partial charge in [0.15, 0.2) is 17.3 Å². The van der Waals surface area contributed by atoms with Crippen molar-refractivity contribution in [1.29, 1.82) is 0 Å². The van der Waals surface area contributed by atoms with Gasteiger partial charge >= 0.3 is 0 Å². The number of phenolic OH excluding ortho intramolecular Hbond substituents is 1. The molecule has 0 saturated carbocycles. The Morgan fingerprint density at radius 1 is 1.38 bits per heavy atom. The minimum atomic E-state index is -0.351. The van der Waals surface area contributed by atoms with Crippen LogP contribution < -0.4 is 16.0 Å². The fourth-order valence-corrected chi connectivity index (χ4v) is 1.96. The zero-order valence-electron chi connectivity index (χ0n) is 11.3. The molecule has 0 aliphatic heterocycles. The third kappa shape index (κ3) is 1.95. The number of rotatable bonds is 2. The molecule has 0 amide bonds. The fraction of sp³-hybridized carbons (Fsp3) is 0.167. The van der Waals surface area contributed by atoms with E-state index in [4.69, 9.17) is 10.5 Å². The number of methoxy groups -OCH3 is 1. The van der Waals surface area contributed by atoms with E-state index in [1.807, 2.05) is 0 Å². The molecule has 0 spiro atoms. The van der Waals surface area contributed by atoms with E-state index < -0.39 is 0 Å². The SMILES string of the molecule is COc1cc(N)cc(-c2nnc3[nH]c(=O)c(C)nn23)c1O. The van der Waals surface area contributed by atoms with E-state index in [9.17, 15) is 9.90 Å². The van der Waals surface area contributed by atoms with Gasteiger partial charge in [0.2, 0.25) is 0 Å². The Balaban J connectivity index is 2.33. The number of anilines is 1. The molecule has 9 nitrogen and oxygen atoms in total. The molecule has 3 rings (SSSR count). The quantitative estimate of drug-likeness (QED) is 0.449. The summed E-state index contributed by atoms with van der Waals surface area (Å²) in [6, 6.07) is 3.01. The normalized spacial score (nSPS) is 11.0. The molecule has 1 aromatic carbocycles. The smallest absolute Gasteiger partial charge is 0.273 e. The van der Waals surface area contributed by atoms with Crippen molar-refractivity contribution in [1.82, 2.24) is 24.8 Å². The molecule has 21 heavy (non-hydrogen) atoms. The van der Waals surface area contributed by atoms with Gasteiger partial charge in [0.25, 0.3) is 11.3 Å². The third-order valence-electron chi connectivity index (χ3n) is 3.00. The highest BCUT2D eigenvalue weighted by Crippen LogP contribution is 2.38. The molecule has 2 heterocycles. The van der Waals surface area contributed by atoms with Crippen LogP contribution in [0.25, 0.3) is 17.2 Å².